The molecule has 0 aromatic heterocycles. The van der Waals surface area contributed by atoms with Gasteiger partial charge in [-0.05, 0) is 61.1 Å². The molecule has 1 aliphatic heterocycles. The van der Waals surface area contributed by atoms with Crippen LogP contribution in [0.1, 0.15) is 41.1 Å². The molecular weight excluding hydrogens is 432 g/mol. The fourth-order valence-electron chi connectivity index (χ4n) is 4.29. The topological polar surface area (TPSA) is 66.5 Å². The van der Waals surface area contributed by atoms with Gasteiger partial charge in [-0.3, -0.25) is 4.79 Å². The molecule has 5 nitrogen and oxygen atoms in total. The average Bonchev–Trinajstić information content (AvgIpc) is 2.85. The molecule has 1 aliphatic rings. The van der Waals surface area contributed by atoms with Crippen LogP contribution >= 0.6 is 0 Å². The molecule has 172 valence electrons. The number of benzene rings is 3. The van der Waals surface area contributed by atoms with Gasteiger partial charge < -0.3 is 5.32 Å². The molecule has 1 saturated heterocycles. The van der Waals surface area contributed by atoms with E-state index in [1.807, 2.05) is 80.6 Å². The Bertz CT molecular complexity index is 1160. The highest BCUT2D eigenvalue weighted by Gasteiger charge is 2.33. The lowest BCUT2D eigenvalue weighted by Crippen LogP contribution is -2.43. The summed E-state index contributed by atoms with van der Waals surface area (Å²) >= 11 is 0. The van der Waals surface area contributed by atoms with Crippen LogP contribution in [-0.2, 0) is 14.8 Å². The van der Waals surface area contributed by atoms with Crippen LogP contribution in [0.4, 0.5) is 0 Å². The van der Waals surface area contributed by atoms with E-state index in [1.54, 1.807) is 12.1 Å². The molecule has 0 bridgehead atoms. The van der Waals surface area contributed by atoms with Gasteiger partial charge in [-0.1, -0.05) is 66.7 Å². The molecule has 1 amide bonds. The van der Waals surface area contributed by atoms with Gasteiger partial charge in [0.2, 0.25) is 15.9 Å². The number of nitrogens with zero attached hydrogens (tertiary/aromatic N) is 1. The lowest BCUT2D eigenvalue weighted by Gasteiger charge is -2.31. The summed E-state index contributed by atoms with van der Waals surface area (Å²) in [7, 11) is -3.56. The SMILES string of the molecule is Cc1ccc(S(=O)(=O)N2CCC(C(=O)NC(c3ccccc3)c3ccccc3)CC2)cc1C. The van der Waals surface area contributed by atoms with Crippen LogP contribution in [0.2, 0.25) is 0 Å². The monoisotopic (exact) mass is 462 g/mol. The summed E-state index contributed by atoms with van der Waals surface area (Å²) in [4.78, 5) is 13.5. The molecule has 0 aliphatic carbocycles. The Labute approximate surface area is 196 Å². The number of piperidine rings is 1. The second-order valence-electron chi connectivity index (χ2n) is 8.69. The zero-order chi connectivity index (χ0) is 23.4. The zero-order valence-electron chi connectivity index (χ0n) is 19.1. The van der Waals surface area contributed by atoms with Crippen LogP contribution in [0.3, 0.4) is 0 Å². The Morgan fingerprint density at radius 3 is 1.91 bits per heavy atom. The van der Waals surface area contributed by atoms with E-state index >= 15 is 0 Å². The Kier molecular flexibility index (Phi) is 6.96. The van der Waals surface area contributed by atoms with Crippen LogP contribution in [0.5, 0.6) is 0 Å². The first-order chi connectivity index (χ1) is 15.9. The number of sulfonamides is 1. The van der Waals surface area contributed by atoms with Crippen molar-refractivity contribution in [3.63, 3.8) is 0 Å². The molecule has 4 rings (SSSR count). The minimum absolute atomic E-state index is 0.0315. The van der Waals surface area contributed by atoms with Crippen molar-refractivity contribution in [1.82, 2.24) is 9.62 Å². The lowest BCUT2D eigenvalue weighted by molar-refractivity contribution is -0.126. The quantitative estimate of drug-likeness (QED) is 0.582. The van der Waals surface area contributed by atoms with Gasteiger partial charge in [0.1, 0.15) is 0 Å². The molecule has 1 fully saturated rings. The number of hydrogen-bond donors (Lipinski definition) is 1. The first-order valence-electron chi connectivity index (χ1n) is 11.3. The van der Waals surface area contributed by atoms with Crippen molar-refractivity contribution in [3.8, 4) is 0 Å². The summed E-state index contributed by atoms with van der Waals surface area (Å²) in [5.74, 6) is -0.248. The maximum Gasteiger partial charge on any atom is 0.243 e. The van der Waals surface area contributed by atoms with Gasteiger partial charge in [-0.25, -0.2) is 8.42 Å². The number of aryl methyl sites for hydroxylation is 2. The summed E-state index contributed by atoms with van der Waals surface area (Å²) in [6, 6.07) is 24.8. The molecule has 0 atom stereocenters. The number of amides is 1. The molecule has 0 radical (unpaired) electrons. The minimum Gasteiger partial charge on any atom is -0.345 e. The second-order valence-corrected chi connectivity index (χ2v) is 10.6. The number of nitrogens with one attached hydrogen (secondary N) is 1. The highest BCUT2D eigenvalue weighted by Crippen LogP contribution is 2.27. The standard InChI is InChI=1S/C27H30N2O3S/c1-20-13-14-25(19-21(20)2)33(31,32)29-17-15-24(16-18-29)27(30)28-26(22-9-5-3-6-10-22)23-11-7-4-8-12-23/h3-14,19,24,26H,15-18H2,1-2H3,(H,28,30). The number of carbonyl (C=O) groups is 1. The van der Waals surface area contributed by atoms with E-state index in [0.29, 0.717) is 30.8 Å². The zero-order valence-corrected chi connectivity index (χ0v) is 19.9. The fraction of sp³-hybridized carbons (Fsp3) is 0.296. The summed E-state index contributed by atoms with van der Waals surface area (Å²) < 4.78 is 27.7. The summed E-state index contributed by atoms with van der Waals surface area (Å²) in [5, 5.41) is 3.21. The molecular formula is C27H30N2O3S. The molecule has 6 heteroatoms. The average molecular weight is 463 g/mol. The van der Waals surface area contributed by atoms with Crippen LogP contribution in [0, 0.1) is 19.8 Å². The predicted molar refractivity (Wildman–Crippen MR) is 130 cm³/mol. The number of hydrogen-bond acceptors (Lipinski definition) is 3. The molecule has 0 unspecified atom stereocenters. The largest absolute Gasteiger partial charge is 0.345 e. The summed E-state index contributed by atoms with van der Waals surface area (Å²) in [6.45, 7) is 4.57. The third-order valence-electron chi connectivity index (χ3n) is 6.49. The van der Waals surface area contributed by atoms with E-state index in [2.05, 4.69) is 5.32 Å². The molecule has 1 N–H and O–H groups in total. The van der Waals surface area contributed by atoms with Gasteiger partial charge in [0, 0.05) is 19.0 Å². The lowest BCUT2D eigenvalue weighted by atomic mass is 9.94. The van der Waals surface area contributed by atoms with E-state index in [1.165, 1.54) is 4.31 Å². The molecule has 3 aromatic rings. The van der Waals surface area contributed by atoms with Crippen molar-refractivity contribution in [1.29, 1.82) is 0 Å². The van der Waals surface area contributed by atoms with E-state index in [-0.39, 0.29) is 17.9 Å². The van der Waals surface area contributed by atoms with Gasteiger partial charge in [0.05, 0.1) is 10.9 Å². The Hall–Kier alpha value is -2.96. The van der Waals surface area contributed by atoms with E-state index in [4.69, 9.17) is 0 Å². The Morgan fingerprint density at radius 1 is 0.848 bits per heavy atom. The first kappa shape index (κ1) is 23.2. The minimum atomic E-state index is -3.56. The van der Waals surface area contributed by atoms with Crippen LogP contribution < -0.4 is 5.32 Å². The first-order valence-corrected chi connectivity index (χ1v) is 12.8. The summed E-state index contributed by atoms with van der Waals surface area (Å²) in [5.41, 5.74) is 4.06. The van der Waals surface area contributed by atoms with Crippen molar-refractivity contribution < 1.29 is 13.2 Å². The van der Waals surface area contributed by atoms with E-state index in [0.717, 1.165) is 22.3 Å². The number of carbonyl (C=O) groups excluding carboxylic acids is 1. The third kappa shape index (κ3) is 5.18. The fourth-order valence-corrected chi connectivity index (χ4v) is 5.85. The second kappa shape index (κ2) is 9.89. The Balaban J connectivity index is 1.45. The van der Waals surface area contributed by atoms with Gasteiger partial charge in [-0.2, -0.15) is 4.31 Å². The highest BCUT2D eigenvalue weighted by molar-refractivity contribution is 7.89. The molecule has 33 heavy (non-hydrogen) atoms. The molecule has 0 spiro atoms. The van der Waals surface area contributed by atoms with Gasteiger partial charge in [0.15, 0.2) is 0 Å². The van der Waals surface area contributed by atoms with Gasteiger partial charge in [0.25, 0.3) is 0 Å². The highest BCUT2D eigenvalue weighted by atomic mass is 32.2. The van der Waals surface area contributed by atoms with E-state index in [9.17, 15) is 13.2 Å². The van der Waals surface area contributed by atoms with Crippen molar-refractivity contribution in [2.75, 3.05) is 13.1 Å². The number of rotatable bonds is 6. The van der Waals surface area contributed by atoms with Crippen molar-refractivity contribution in [2.24, 2.45) is 5.92 Å². The van der Waals surface area contributed by atoms with Crippen molar-refractivity contribution in [2.45, 2.75) is 37.6 Å². The third-order valence-corrected chi connectivity index (χ3v) is 8.39. The summed E-state index contributed by atoms with van der Waals surface area (Å²) in [6.07, 6.45) is 1.01. The van der Waals surface area contributed by atoms with Gasteiger partial charge in [-0.15, -0.1) is 0 Å². The normalized spacial score (nSPS) is 15.5. The van der Waals surface area contributed by atoms with Crippen molar-refractivity contribution >= 4 is 15.9 Å². The maximum atomic E-state index is 13.2. The van der Waals surface area contributed by atoms with E-state index < -0.39 is 10.0 Å². The smallest absolute Gasteiger partial charge is 0.243 e. The molecule has 0 saturated carbocycles. The molecule has 1 heterocycles. The predicted octanol–water partition coefficient (Wildman–Crippen LogP) is 4.61. The maximum absolute atomic E-state index is 13.2. The molecule has 3 aromatic carbocycles. The van der Waals surface area contributed by atoms with Crippen LogP contribution in [0.25, 0.3) is 0 Å². The van der Waals surface area contributed by atoms with Crippen LogP contribution in [-0.4, -0.2) is 31.7 Å². The van der Waals surface area contributed by atoms with Gasteiger partial charge >= 0.3 is 0 Å². The van der Waals surface area contributed by atoms with Crippen molar-refractivity contribution in [3.05, 3.63) is 101 Å². The van der Waals surface area contributed by atoms with Crippen LogP contribution in [0.15, 0.2) is 83.8 Å². The Morgan fingerprint density at radius 2 is 1.39 bits per heavy atom.